The first-order valence-electron chi connectivity index (χ1n) is 12.2. The molecule has 1 atom stereocenters. The minimum atomic E-state index is -0.214. The van der Waals surface area contributed by atoms with Gasteiger partial charge in [-0.25, -0.2) is 4.68 Å². The number of rotatable bonds is 4. The maximum Gasteiger partial charge on any atom is 0.256 e. The molecule has 2 amide bonds. The van der Waals surface area contributed by atoms with Gasteiger partial charge in [0.1, 0.15) is 5.82 Å². The highest BCUT2D eigenvalue weighted by atomic mass is 16.7. The van der Waals surface area contributed by atoms with Crippen molar-refractivity contribution in [3.63, 3.8) is 0 Å². The van der Waals surface area contributed by atoms with Crippen LogP contribution in [0.15, 0.2) is 30.5 Å². The molecule has 8 heteroatoms. The third kappa shape index (κ3) is 3.75. The van der Waals surface area contributed by atoms with Crippen LogP contribution in [0.1, 0.15) is 67.8 Å². The van der Waals surface area contributed by atoms with Crippen LogP contribution in [0.2, 0.25) is 0 Å². The molecule has 0 radical (unpaired) electrons. The van der Waals surface area contributed by atoms with Crippen molar-refractivity contribution in [2.45, 2.75) is 57.4 Å². The molecule has 1 spiro atoms. The van der Waals surface area contributed by atoms with Crippen molar-refractivity contribution in [2.75, 3.05) is 25.2 Å². The number of aromatic nitrogens is 2. The van der Waals surface area contributed by atoms with Gasteiger partial charge < -0.3 is 19.7 Å². The van der Waals surface area contributed by atoms with Crippen molar-refractivity contribution < 1.29 is 19.1 Å². The smallest absolute Gasteiger partial charge is 0.256 e. The minimum absolute atomic E-state index is 0.166. The monoisotopic (exact) mass is 450 g/mol. The van der Waals surface area contributed by atoms with Gasteiger partial charge in [0.2, 0.25) is 12.7 Å². The zero-order chi connectivity index (χ0) is 22.4. The van der Waals surface area contributed by atoms with Crippen LogP contribution in [0.25, 0.3) is 0 Å². The lowest BCUT2D eigenvalue weighted by Gasteiger charge is -2.34. The molecule has 8 nitrogen and oxygen atoms in total. The summed E-state index contributed by atoms with van der Waals surface area (Å²) in [6, 6.07) is 7.15. The van der Waals surface area contributed by atoms with Gasteiger partial charge in [-0.3, -0.25) is 9.59 Å². The van der Waals surface area contributed by atoms with Gasteiger partial charge in [0.25, 0.3) is 5.91 Å². The Morgan fingerprint density at radius 2 is 1.82 bits per heavy atom. The first-order valence-corrected chi connectivity index (χ1v) is 12.2. The summed E-state index contributed by atoms with van der Waals surface area (Å²) in [5, 5.41) is 7.46. The lowest BCUT2D eigenvalue weighted by molar-refractivity contribution is -0.135. The first kappa shape index (κ1) is 20.6. The normalized spacial score (nSPS) is 23.5. The molecular weight excluding hydrogens is 420 g/mol. The molecule has 1 saturated heterocycles. The van der Waals surface area contributed by atoms with E-state index >= 15 is 0 Å². The standard InChI is InChI=1S/C25H30N4O4/c30-23(17-4-5-20-21(14-17)33-16-32-20)27-22-6-11-26-29(22)18-7-12-28(13-8-18)24(31)19-15-25(19)9-2-1-3-10-25/h4-6,11,14,18-19H,1-3,7-10,12-13,15-16H2,(H,27,30)/t19-/m1/s1. The number of ether oxygens (including phenoxy) is 2. The van der Waals surface area contributed by atoms with E-state index in [4.69, 9.17) is 9.47 Å². The Morgan fingerprint density at radius 1 is 1.03 bits per heavy atom. The first-order chi connectivity index (χ1) is 16.1. The summed E-state index contributed by atoms with van der Waals surface area (Å²) in [6.07, 6.45) is 10.9. The molecule has 1 aromatic heterocycles. The summed E-state index contributed by atoms with van der Waals surface area (Å²) < 4.78 is 12.6. The number of amides is 2. The summed E-state index contributed by atoms with van der Waals surface area (Å²) in [5.41, 5.74) is 0.842. The number of nitrogens with one attached hydrogen (secondary N) is 1. The number of benzene rings is 1. The number of hydrogen-bond acceptors (Lipinski definition) is 5. The van der Waals surface area contributed by atoms with Gasteiger partial charge in [0.05, 0.1) is 12.2 Å². The number of nitrogens with zero attached hydrogens (tertiary/aromatic N) is 3. The molecule has 1 aromatic carbocycles. The molecule has 2 aliphatic carbocycles. The average molecular weight is 451 g/mol. The van der Waals surface area contributed by atoms with Crippen LogP contribution >= 0.6 is 0 Å². The maximum atomic E-state index is 13.1. The van der Waals surface area contributed by atoms with Gasteiger partial charge in [0.15, 0.2) is 11.5 Å². The fraction of sp³-hybridized carbons (Fsp3) is 0.560. The predicted molar refractivity (Wildman–Crippen MR) is 121 cm³/mol. The van der Waals surface area contributed by atoms with Crippen molar-refractivity contribution in [1.82, 2.24) is 14.7 Å². The Labute approximate surface area is 193 Å². The van der Waals surface area contributed by atoms with Crippen LogP contribution in [0.5, 0.6) is 11.5 Å². The van der Waals surface area contributed by atoms with E-state index in [1.807, 2.05) is 10.7 Å². The van der Waals surface area contributed by atoms with Crippen LogP contribution in [0.4, 0.5) is 5.82 Å². The van der Waals surface area contributed by atoms with Crippen molar-refractivity contribution in [3.05, 3.63) is 36.0 Å². The number of piperidine rings is 1. The molecule has 174 valence electrons. The second-order valence-electron chi connectivity index (χ2n) is 9.92. The van der Waals surface area contributed by atoms with E-state index in [1.54, 1.807) is 24.4 Å². The molecule has 4 aliphatic rings. The molecule has 3 heterocycles. The lowest BCUT2D eigenvalue weighted by atomic mass is 9.84. The maximum absolute atomic E-state index is 13.1. The Hall–Kier alpha value is -3.03. The molecule has 1 N–H and O–H groups in total. The number of fused-ring (bicyclic) bond motifs is 1. The molecule has 0 bridgehead atoms. The van der Waals surface area contributed by atoms with E-state index in [0.29, 0.717) is 34.2 Å². The highest BCUT2D eigenvalue weighted by molar-refractivity contribution is 6.04. The minimum Gasteiger partial charge on any atom is -0.454 e. The highest BCUT2D eigenvalue weighted by Crippen LogP contribution is 2.62. The van der Waals surface area contributed by atoms with Gasteiger partial charge in [-0.05, 0) is 55.7 Å². The molecule has 2 aromatic rings. The van der Waals surface area contributed by atoms with Crippen LogP contribution in [0.3, 0.4) is 0 Å². The number of likely N-dealkylation sites (tertiary alicyclic amines) is 1. The van der Waals surface area contributed by atoms with E-state index in [0.717, 1.165) is 32.4 Å². The topological polar surface area (TPSA) is 85.7 Å². The zero-order valence-electron chi connectivity index (χ0n) is 18.8. The summed E-state index contributed by atoms with van der Waals surface area (Å²) in [4.78, 5) is 28.0. The van der Waals surface area contributed by atoms with E-state index in [2.05, 4.69) is 15.3 Å². The molecule has 0 unspecified atom stereocenters. The van der Waals surface area contributed by atoms with Crippen molar-refractivity contribution in [1.29, 1.82) is 0 Å². The van der Waals surface area contributed by atoms with Gasteiger partial charge in [-0.15, -0.1) is 0 Å². The van der Waals surface area contributed by atoms with Gasteiger partial charge >= 0.3 is 0 Å². The van der Waals surface area contributed by atoms with Gasteiger partial charge in [-0.2, -0.15) is 5.10 Å². The Bertz CT molecular complexity index is 1070. The lowest BCUT2D eigenvalue weighted by Crippen LogP contribution is -2.41. The van der Waals surface area contributed by atoms with Crippen molar-refractivity contribution in [2.24, 2.45) is 11.3 Å². The average Bonchev–Trinajstić information content (AvgIpc) is 3.19. The molecular formula is C25H30N4O4. The van der Waals surface area contributed by atoms with Crippen molar-refractivity contribution in [3.8, 4) is 11.5 Å². The largest absolute Gasteiger partial charge is 0.454 e. The number of carbonyl (C=O) groups is 2. The van der Waals surface area contributed by atoms with Crippen LogP contribution < -0.4 is 14.8 Å². The van der Waals surface area contributed by atoms with Crippen LogP contribution in [-0.2, 0) is 4.79 Å². The molecule has 2 saturated carbocycles. The Balaban J connectivity index is 1.07. The summed E-state index contributed by atoms with van der Waals surface area (Å²) in [7, 11) is 0. The zero-order valence-corrected chi connectivity index (χ0v) is 18.8. The van der Waals surface area contributed by atoms with E-state index in [9.17, 15) is 9.59 Å². The molecule has 3 fully saturated rings. The number of hydrogen-bond donors (Lipinski definition) is 1. The second-order valence-corrected chi connectivity index (χ2v) is 9.92. The molecule has 33 heavy (non-hydrogen) atoms. The van der Waals surface area contributed by atoms with Gasteiger partial charge in [-0.1, -0.05) is 19.3 Å². The third-order valence-corrected chi connectivity index (χ3v) is 8.01. The summed E-state index contributed by atoms with van der Waals surface area (Å²) in [6.45, 7) is 1.69. The SMILES string of the molecule is O=C(Nc1ccnn1C1CCN(C(=O)[C@H]2CC23CCCCC3)CC1)c1ccc2c(c1)OCO2. The Morgan fingerprint density at radius 3 is 2.64 bits per heavy atom. The van der Waals surface area contributed by atoms with Crippen molar-refractivity contribution >= 4 is 17.6 Å². The van der Waals surface area contributed by atoms with E-state index < -0.39 is 0 Å². The Kier molecular flexibility index (Phi) is 5.03. The summed E-state index contributed by atoms with van der Waals surface area (Å²) >= 11 is 0. The van der Waals surface area contributed by atoms with E-state index in [1.165, 1.54) is 32.1 Å². The molecule has 2 aliphatic heterocycles. The number of carbonyl (C=O) groups excluding carboxylic acids is 2. The third-order valence-electron chi connectivity index (χ3n) is 8.01. The highest BCUT2D eigenvalue weighted by Gasteiger charge is 2.58. The quantitative estimate of drug-likeness (QED) is 0.761. The predicted octanol–water partition coefficient (Wildman–Crippen LogP) is 4.00. The van der Waals surface area contributed by atoms with Crippen LogP contribution in [0, 0.1) is 11.3 Å². The van der Waals surface area contributed by atoms with Crippen LogP contribution in [-0.4, -0.2) is 46.4 Å². The molecule has 6 rings (SSSR count). The summed E-state index contributed by atoms with van der Waals surface area (Å²) in [5.74, 6) is 2.32. The fourth-order valence-electron chi connectivity index (χ4n) is 5.99. The second kappa shape index (κ2) is 8.08. The van der Waals surface area contributed by atoms with Gasteiger partial charge in [0, 0.05) is 30.6 Å². The van der Waals surface area contributed by atoms with E-state index in [-0.39, 0.29) is 24.7 Å². The number of anilines is 1. The fourth-order valence-corrected chi connectivity index (χ4v) is 5.99.